The largest absolute Gasteiger partial charge is 0.338 e. The first-order valence-corrected chi connectivity index (χ1v) is 5.71. The van der Waals surface area contributed by atoms with Gasteiger partial charge in [0.25, 0.3) is 0 Å². The van der Waals surface area contributed by atoms with Gasteiger partial charge in [0.15, 0.2) is 0 Å². The van der Waals surface area contributed by atoms with Gasteiger partial charge in [0.2, 0.25) is 0 Å². The Morgan fingerprint density at radius 1 is 1.33 bits per heavy atom. The molecule has 0 bridgehead atoms. The van der Waals surface area contributed by atoms with E-state index < -0.39 is 9.84 Å². The lowest BCUT2D eigenvalue weighted by molar-refractivity contribution is 0.242. The molecule has 72 valence electrons. The number of sulfone groups is 1. The van der Waals surface area contributed by atoms with Gasteiger partial charge in [-0.3, -0.25) is 0 Å². The smallest absolute Gasteiger partial charge is 0.314 e. The summed E-state index contributed by atoms with van der Waals surface area (Å²) in [5.41, 5.74) is 0. The maximum atomic E-state index is 10.7. The van der Waals surface area contributed by atoms with E-state index in [9.17, 15) is 13.2 Å². The predicted molar refractivity (Wildman–Crippen MR) is 46.8 cm³/mol. The summed E-state index contributed by atoms with van der Waals surface area (Å²) in [6.07, 6.45) is 1.13. The lowest BCUT2D eigenvalue weighted by atomic mass is 10.7. The first kappa shape index (κ1) is 11.2. The van der Waals surface area contributed by atoms with Crippen LogP contribution in [-0.2, 0) is 9.84 Å². The zero-order valence-electron chi connectivity index (χ0n) is 7.25. The van der Waals surface area contributed by atoms with E-state index in [-0.39, 0.29) is 18.3 Å². The zero-order chi connectivity index (χ0) is 9.61. The maximum absolute atomic E-state index is 10.7. The first-order chi connectivity index (χ1) is 5.45. The quantitative estimate of drug-likeness (QED) is 0.624. The molecule has 0 unspecified atom stereocenters. The molecular weight excluding hydrogens is 180 g/mol. The summed E-state index contributed by atoms with van der Waals surface area (Å²) in [6, 6.07) is -0.332. The summed E-state index contributed by atoms with van der Waals surface area (Å²) >= 11 is 0. The molecule has 0 radical (unpaired) electrons. The zero-order valence-corrected chi connectivity index (χ0v) is 8.07. The van der Waals surface area contributed by atoms with Gasteiger partial charge in [-0.05, 0) is 6.92 Å². The monoisotopic (exact) mass is 194 g/mol. The highest BCUT2D eigenvalue weighted by atomic mass is 32.2. The van der Waals surface area contributed by atoms with Crippen LogP contribution in [0.15, 0.2) is 0 Å². The third-order valence-electron chi connectivity index (χ3n) is 1.10. The van der Waals surface area contributed by atoms with Crippen molar-refractivity contribution in [2.24, 2.45) is 0 Å². The second kappa shape index (κ2) is 4.97. The summed E-state index contributed by atoms with van der Waals surface area (Å²) in [5.74, 6) is -0.0237. The molecule has 0 aromatic carbocycles. The molecule has 0 spiro atoms. The van der Waals surface area contributed by atoms with E-state index in [0.717, 1.165) is 6.26 Å². The van der Waals surface area contributed by atoms with E-state index in [1.54, 1.807) is 6.92 Å². The molecule has 0 aliphatic heterocycles. The van der Waals surface area contributed by atoms with Crippen LogP contribution in [0.4, 0.5) is 4.79 Å². The highest BCUT2D eigenvalue weighted by Crippen LogP contribution is 1.78. The van der Waals surface area contributed by atoms with E-state index in [1.165, 1.54) is 0 Å². The maximum Gasteiger partial charge on any atom is 0.314 e. The number of nitrogens with one attached hydrogen (secondary N) is 2. The molecule has 0 atom stereocenters. The molecule has 0 aromatic rings. The lowest BCUT2D eigenvalue weighted by Crippen LogP contribution is -2.37. The van der Waals surface area contributed by atoms with Gasteiger partial charge in [0.05, 0.1) is 5.75 Å². The molecular formula is C6H14N2O3S. The minimum absolute atomic E-state index is 0.0237. The topological polar surface area (TPSA) is 75.3 Å². The normalized spacial score (nSPS) is 10.8. The van der Waals surface area contributed by atoms with Crippen molar-refractivity contribution < 1.29 is 13.2 Å². The van der Waals surface area contributed by atoms with Crippen molar-refractivity contribution in [2.45, 2.75) is 6.92 Å². The van der Waals surface area contributed by atoms with E-state index >= 15 is 0 Å². The van der Waals surface area contributed by atoms with Crippen molar-refractivity contribution in [1.29, 1.82) is 0 Å². The Morgan fingerprint density at radius 3 is 2.33 bits per heavy atom. The first-order valence-electron chi connectivity index (χ1n) is 3.65. The molecule has 5 nitrogen and oxygen atoms in total. The van der Waals surface area contributed by atoms with E-state index in [4.69, 9.17) is 0 Å². The summed E-state index contributed by atoms with van der Waals surface area (Å²) < 4.78 is 21.2. The van der Waals surface area contributed by atoms with Crippen molar-refractivity contribution in [3.8, 4) is 0 Å². The number of hydrogen-bond acceptors (Lipinski definition) is 3. The molecule has 0 rings (SSSR count). The van der Waals surface area contributed by atoms with Gasteiger partial charge < -0.3 is 10.6 Å². The number of urea groups is 1. The van der Waals surface area contributed by atoms with Crippen LogP contribution >= 0.6 is 0 Å². The summed E-state index contributed by atoms with van der Waals surface area (Å²) in [7, 11) is -2.98. The Balaban J connectivity index is 3.51. The van der Waals surface area contributed by atoms with Crippen LogP contribution in [0, 0.1) is 0 Å². The molecule has 0 heterocycles. The predicted octanol–water partition coefficient (Wildman–Crippen LogP) is -0.650. The molecule has 0 saturated heterocycles. The van der Waals surface area contributed by atoms with Crippen molar-refractivity contribution in [3.05, 3.63) is 0 Å². The number of amides is 2. The number of hydrogen-bond donors (Lipinski definition) is 2. The van der Waals surface area contributed by atoms with Crippen LogP contribution in [0.3, 0.4) is 0 Å². The number of carbonyl (C=O) groups excluding carboxylic acids is 1. The van der Waals surface area contributed by atoms with E-state index in [1.807, 2.05) is 0 Å². The van der Waals surface area contributed by atoms with Crippen LogP contribution in [0.5, 0.6) is 0 Å². The lowest BCUT2D eigenvalue weighted by Gasteiger charge is -2.03. The van der Waals surface area contributed by atoms with Crippen LogP contribution < -0.4 is 10.6 Å². The highest BCUT2D eigenvalue weighted by molar-refractivity contribution is 7.90. The minimum atomic E-state index is -2.98. The average molecular weight is 194 g/mol. The summed E-state index contributed by atoms with van der Waals surface area (Å²) in [5, 5.41) is 4.90. The Hall–Kier alpha value is -0.780. The van der Waals surface area contributed by atoms with Gasteiger partial charge in [0, 0.05) is 19.3 Å². The van der Waals surface area contributed by atoms with Crippen molar-refractivity contribution in [3.63, 3.8) is 0 Å². The van der Waals surface area contributed by atoms with Gasteiger partial charge in [-0.2, -0.15) is 0 Å². The molecule has 0 saturated carbocycles. The fourth-order valence-electron chi connectivity index (χ4n) is 0.573. The van der Waals surface area contributed by atoms with Gasteiger partial charge >= 0.3 is 6.03 Å². The molecule has 0 aromatic heterocycles. The van der Waals surface area contributed by atoms with Crippen LogP contribution in [0.1, 0.15) is 6.92 Å². The van der Waals surface area contributed by atoms with E-state index in [0.29, 0.717) is 6.54 Å². The van der Waals surface area contributed by atoms with Crippen molar-refractivity contribution in [1.82, 2.24) is 10.6 Å². The Kier molecular flexibility index (Phi) is 4.65. The second-order valence-electron chi connectivity index (χ2n) is 2.42. The molecule has 2 amide bonds. The molecule has 0 fully saturated rings. The standard InChI is InChI=1S/C6H14N2O3S/c1-3-7-6(9)8-4-5-12(2,10)11/h3-5H2,1-2H3,(H2,7,8,9). The highest BCUT2D eigenvalue weighted by Gasteiger charge is 2.02. The number of rotatable bonds is 4. The fraction of sp³-hybridized carbons (Fsp3) is 0.833. The van der Waals surface area contributed by atoms with E-state index in [2.05, 4.69) is 10.6 Å². The van der Waals surface area contributed by atoms with Crippen LogP contribution in [-0.4, -0.2) is 39.5 Å². The van der Waals surface area contributed by atoms with Crippen LogP contribution in [0.2, 0.25) is 0 Å². The average Bonchev–Trinajstić information content (AvgIpc) is 1.84. The molecule has 12 heavy (non-hydrogen) atoms. The Labute approximate surface area is 72.5 Å². The van der Waals surface area contributed by atoms with Gasteiger partial charge in [-0.1, -0.05) is 0 Å². The van der Waals surface area contributed by atoms with Crippen molar-refractivity contribution in [2.75, 3.05) is 25.1 Å². The van der Waals surface area contributed by atoms with Crippen LogP contribution in [0.25, 0.3) is 0 Å². The van der Waals surface area contributed by atoms with Gasteiger partial charge in [0.1, 0.15) is 9.84 Å². The summed E-state index contributed by atoms with van der Waals surface area (Å²) in [4.78, 5) is 10.7. The number of carbonyl (C=O) groups is 1. The second-order valence-corrected chi connectivity index (χ2v) is 4.68. The van der Waals surface area contributed by atoms with Gasteiger partial charge in [-0.25, -0.2) is 13.2 Å². The minimum Gasteiger partial charge on any atom is -0.338 e. The summed E-state index contributed by atoms with van der Waals surface area (Å²) in [6.45, 7) is 2.48. The van der Waals surface area contributed by atoms with Crippen molar-refractivity contribution >= 4 is 15.9 Å². The third-order valence-corrected chi connectivity index (χ3v) is 2.04. The molecule has 0 aliphatic carbocycles. The molecule has 6 heteroatoms. The fourth-order valence-corrected chi connectivity index (χ4v) is 1.05. The Morgan fingerprint density at radius 2 is 1.92 bits per heavy atom. The third kappa shape index (κ3) is 7.33. The molecule has 0 aliphatic rings. The Bertz CT molecular complexity index is 235. The van der Waals surface area contributed by atoms with Gasteiger partial charge in [-0.15, -0.1) is 0 Å². The molecule has 2 N–H and O–H groups in total. The SMILES string of the molecule is CCNC(=O)NCCS(C)(=O)=O.